The van der Waals surface area contributed by atoms with Gasteiger partial charge in [-0.05, 0) is 31.4 Å². The number of hydrogen-bond acceptors (Lipinski definition) is 4. The number of carbonyl (C=O) groups excluding carboxylic acids is 1. The van der Waals surface area contributed by atoms with Gasteiger partial charge >= 0.3 is 5.97 Å². The first-order chi connectivity index (χ1) is 12.1. The predicted molar refractivity (Wildman–Crippen MR) is 95.4 cm³/mol. The zero-order valence-electron chi connectivity index (χ0n) is 14.9. The van der Waals surface area contributed by atoms with Gasteiger partial charge in [-0.3, -0.25) is 14.5 Å². The van der Waals surface area contributed by atoms with Crippen LogP contribution in [0.2, 0.25) is 0 Å². The molecule has 1 aromatic carbocycles. The molecule has 1 amide bonds. The highest BCUT2D eigenvalue weighted by Crippen LogP contribution is 2.16. The zero-order chi connectivity index (χ0) is 18.1. The van der Waals surface area contributed by atoms with Gasteiger partial charge in [0.2, 0.25) is 5.91 Å². The van der Waals surface area contributed by atoms with Crippen molar-refractivity contribution in [2.45, 2.75) is 32.2 Å². The number of carboxylic acid groups (broad SMARTS) is 1. The van der Waals surface area contributed by atoms with Crippen LogP contribution in [0.4, 0.5) is 0 Å². The maximum Gasteiger partial charge on any atom is 0.317 e. The lowest BCUT2D eigenvalue weighted by Gasteiger charge is -2.37. The number of likely N-dealkylation sites (N-methyl/N-ethyl adjacent to an activating group) is 1. The molecule has 0 saturated carbocycles. The number of carboxylic acids is 1. The maximum absolute atomic E-state index is 12.2. The molecule has 1 N–H and O–H groups in total. The van der Waals surface area contributed by atoms with Crippen LogP contribution in [0.25, 0.3) is 0 Å². The van der Waals surface area contributed by atoms with E-state index in [0.29, 0.717) is 26.2 Å². The Morgan fingerprint density at radius 3 is 2.52 bits per heavy atom. The fraction of sp³-hybridized carbons (Fsp3) is 0.579. The summed E-state index contributed by atoms with van der Waals surface area (Å²) in [7, 11) is 0. The second kappa shape index (κ2) is 10.2. The normalized spacial score (nSPS) is 15.5. The Hall–Kier alpha value is -1.92. The summed E-state index contributed by atoms with van der Waals surface area (Å²) in [4.78, 5) is 26.9. The summed E-state index contributed by atoms with van der Waals surface area (Å²) in [5, 5.41) is 8.97. The van der Waals surface area contributed by atoms with Crippen molar-refractivity contribution in [2.24, 2.45) is 0 Å². The van der Waals surface area contributed by atoms with Gasteiger partial charge in [0, 0.05) is 19.1 Å². The monoisotopic (exact) mass is 348 g/mol. The summed E-state index contributed by atoms with van der Waals surface area (Å²) in [6.07, 6.45) is 2.44. The van der Waals surface area contributed by atoms with E-state index in [-0.39, 0.29) is 25.1 Å². The Morgan fingerprint density at radius 1 is 1.24 bits per heavy atom. The SMILES string of the molecule is CCN(CC(=O)O)C1CCN(C(=O)COCCc2ccccc2)CC1. The van der Waals surface area contributed by atoms with Crippen LogP contribution < -0.4 is 0 Å². The number of benzene rings is 1. The lowest BCUT2D eigenvalue weighted by Crippen LogP contribution is -2.48. The van der Waals surface area contributed by atoms with Gasteiger partial charge in [-0.1, -0.05) is 37.3 Å². The average molecular weight is 348 g/mol. The predicted octanol–water partition coefficient (Wildman–Crippen LogP) is 1.64. The van der Waals surface area contributed by atoms with E-state index in [9.17, 15) is 9.59 Å². The standard InChI is InChI=1S/C19H28N2O4/c1-2-20(14-19(23)24)17-8-11-21(12-9-17)18(22)15-25-13-10-16-6-4-3-5-7-16/h3-7,17H,2,8-15H2,1H3,(H,23,24). The van der Waals surface area contributed by atoms with Crippen LogP contribution >= 0.6 is 0 Å². The molecule has 25 heavy (non-hydrogen) atoms. The summed E-state index contributed by atoms with van der Waals surface area (Å²) in [6.45, 7) is 4.74. The molecule has 0 bridgehead atoms. The van der Waals surface area contributed by atoms with Crippen molar-refractivity contribution < 1.29 is 19.4 Å². The molecule has 6 nitrogen and oxygen atoms in total. The minimum atomic E-state index is -0.799. The van der Waals surface area contributed by atoms with Gasteiger partial charge in [-0.25, -0.2) is 0 Å². The van der Waals surface area contributed by atoms with E-state index in [2.05, 4.69) is 0 Å². The van der Waals surface area contributed by atoms with Crippen LogP contribution in [0, 0.1) is 0 Å². The molecular weight excluding hydrogens is 320 g/mol. The van der Waals surface area contributed by atoms with E-state index < -0.39 is 5.97 Å². The van der Waals surface area contributed by atoms with Gasteiger partial charge in [-0.15, -0.1) is 0 Å². The van der Waals surface area contributed by atoms with E-state index in [1.807, 2.05) is 47.1 Å². The van der Waals surface area contributed by atoms with Crippen LogP contribution in [0.15, 0.2) is 30.3 Å². The first kappa shape index (κ1) is 19.4. The van der Waals surface area contributed by atoms with Crippen molar-refractivity contribution in [2.75, 3.05) is 39.4 Å². The minimum absolute atomic E-state index is 0.0211. The molecular formula is C19H28N2O4. The molecule has 1 saturated heterocycles. The van der Waals surface area contributed by atoms with E-state index in [1.54, 1.807) is 0 Å². The quantitative estimate of drug-likeness (QED) is 0.687. The van der Waals surface area contributed by atoms with Crippen LogP contribution in [-0.2, 0) is 20.7 Å². The van der Waals surface area contributed by atoms with Crippen molar-refractivity contribution >= 4 is 11.9 Å². The van der Waals surface area contributed by atoms with Gasteiger partial charge in [-0.2, -0.15) is 0 Å². The van der Waals surface area contributed by atoms with Crippen molar-refractivity contribution in [3.05, 3.63) is 35.9 Å². The molecule has 1 aliphatic heterocycles. The third kappa shape index (κ3) is 6.48. The highest BCUT2D eigenvalue weighted by atomic mass is 16.5. The number of rotatable bonds is 9. The average Bonchev–Trinajstić information content (AvgIpc) is 2.64. The number of amides is 1. The third-order valence-corrected chi connectivity index (χ3v) is 4.68. The lowest BCUT2D eigenvalue weighted by atomic mass is 10.0. The number of likely N-dealkylation sites (tertiary alicyclic amines) is 1. The summed E-state index contributed by atoms with van der Waals surface area (Å²) in [6, 6.07) is 10.3. The molecule has 0 atom stereocenters. The molecule has 6 heteroatoms. The second-order valence-corrected chi connectivity index (χ2v) is 6.36. The zero-order valence-corrected chi connectivity index (χ0v) is 14.9. The van der Waals surface area contributed by atoms with E-state index >= 15 is 0 Å². The van der Waals surface area contributed by atoms with Crippen LogP contribution in [0.5, 0.6) is 0 Å². The van der Waals surface area contributed by atoms with Gasteiger partial charge in [0.25, 0.3) is 0 Å². The summed E-state index contributed by atoms with van der Waals surface area (Å²) in [5.41, 5.74) is 1.20. The number of nitrogens with zero attached hydrogens (tertiary/aromatic N) is 2. The molecule has 2 rings (SSSR count). The molecule has 0 aliphatic carbocycles. The van der Waals surface area contributed by atoms with E-state index in [1.165, 1.54) is 5.56 Å². The molecule has 0 radical (unpaired) electrons. The number of carbonyl (C=O) groups is 2. The molecule has 0 aromatic heterocycles. The van der Waals surface area contributed by atoms with Crippen LogP contribution in [0.1, 0.15) is 25.3 Å². The molecule has 0 unspecified atom stereocenters. The topological polar surface area (TPSA) is 70.1 Å². The molecule has 0 spiro atoms. The number of ether oxygens (including phenoxy) is 1. The Bertz CT molecular complexity index is 542. The largest absolute Gasteiger partial charge is 0.480 e. The summed E-state index contributed by atoms with van der Waals surface area (Å²) >= 11 is 0. The maximum atomic E-state index is 12.2. The minimum Gasteiger partial charge on any atom is -0.480 e. The molecule has 1 fully saturated rings. The van der Waals surface area contributed by atoms with Crippen molar-refractivity contribution in [1.82, 2.24) is 9.80 Å². The molecule has 138 valence electrons. The smallest absolute Gasteiger partial charge is 0.317 e. The Morgan fingerprint density at radius 2 is 1.92 bits per heavy atom. The van der Waals surface area contributed by atoms with Crippen molar-refractivity contribution in [3.63, 3.8) is 0 Å². The highest BCUT2D eigenvalue weighted by Gasteiger charge is 2.27. The Labute approximate surface area is 149 Å². The number of aliphatic carboxylic acids is 1. The van der Waals surface area contributed by atoms with Gasteiger partial charge < -0.3 is 14.7 Å². The summed E-state index contributed by atoms with van der Waals surface area (Å²) in [5.74, 6) is -0.778. The van der Waals surface area contributed by atoms with Gasteiger partial charge in [0.1, 0.15) is 6.61 Å². The second-order valence-electron chi connectivity index (χ2n) is 6.36. The van der Waals surface area contributed by atoms with Crippen molar-refractivity contribution in [3.8, 4) is 0 Å². The molecule has 1 aromatic rings. The fourth-order valence-electron chi connectivity index (χ4n) is 3.24. The van der Waals surface area contributed by atoms with Crippen molar-refractivity contribution in [1.29, 1.82) is 0 Å². The van der Waals surface area contributed by atoms with E-state index in [4.69, 9.17) is 9.84 Å². The third-order valence-electron chi connectivity index (χ3n) is 4.68. The van der Waals surface area contributed by atoms with Gasteiger partial charge in [0.05, 0.1) is 13.2 Å². The summed E-state index contributed by atoms with van der Waals surface area (Å²) < 4.78 is 5.52. The Balaban J connectivity index is 1.66. The van der Waals surface area contributed by atoms with Crippen LogP contribution in [-0.4, -0.2) is 72.2 Å². The first-order valence-electron chi connectivity index (χ1n) is 8.95. The molecule has 1 heterocycles. The highest BCUT2D eigenvalue weighted by molar-refractivity contribution is 5.77. The Kier molecular flexibility index (Phi) is 7.88. The fourth-order valence-corrected chi connectivity index (χ4v) is 3.24. The van der Waals surface area contributed by atoms with Gasteiger partial charge in [0.15, 0.2) is 0 Å². The lowest BCUT2D eigenvalue weighted by molar-refractivity contribution is -0.141. The number of hydrogen-bond donors (Lipinski definition) is 1. The first-order valence-corrected chi connectivity index (χ1v) is 8.95. The molecule has 1 aliphatic rings. The van der Waals surface area contributed by atoms with E-state index in [0.717, 1.165) is 19.3 Å². The number of piperidine rings is 1. The van der Waals surface area contributed by atoms with Crippen LogP contribution in [0.3, 0.4) is 0 Å².